The number of benzene rings is 4. The van der Waals surface area contributed by atoms with Crippen molar-refractivity contribution < 1.29 is 24.2 Å². The molecule has 0 saturated carbocycles. The highest BCUT2D eigenvalue weighted by molar-refractivity contribution is 6.07. The lowest BCUT2D eigenvalue weighted by atomic mass is 9.64. The molecule has 7 rings (SSSR count). The summed E-state index contributed by atoms with van der Waals surface area (Å²) >= 11 is 0. The largest absolute Gasteiger partial charge is 0.394 e. The number of carbonyl (C=O) groups is 3. The maximum Gasteiger partial charge on any atom is 0.253 e. The molecule has 3 amide bonds. The molecule has 4 aromatic rings. The molecular formula is C43H45N3O5. The van der Waals surface area contributed by atoms with Gasteiger partial charge < -0.3 is 24.5 Å². The molecule has 3 heterocycles. The lowest BCUT2D eigenvalue weighted by molar-refractivity contribution is -0.149. The van der Waals surface area contributed by atoms with Crippen LogP contribution >= 0.6 is 0 Å². The number of hydrogen-bond acceptors (Lipinski definition) is 5. The van der Waals surface area contributed by atoms with Crippen molar-refractivity contribution in [3.63, 3.8) is 0 Å². The molecule has 8 heteroatoms. The molecule has 6 atom stereocenters. The van der Waals surface area contributed by atoms with Crippen LogP contribution in [0.5, 0.6) is 0 Å². The lowest BCUT2D eigenvalue weighted by Gasteiger charge is -2.39. The van der Waals surface area contributed by atoms with E-state index in [4.69, 9.17) is 4.74 Å². The summed E-state index contributed by atoms with van der Waals surface area (Å²) in [4.78, 5) is 50.4. The van der Waals surface area contributed by atoms with Crippen molar-refractivity contribution in [3.05, 3.63) is 134 Å². The lowest BCUT2D eigenvalue weighted by Crippen LogP contribution is -2.59. The van der Waals surface area contributed by atoms with Gasteiger partial charge in [-0.2, -0.15) is 0 Å². The highest BCUT2D eigenvalue weighted by atomic mass is 16.5. The molecule has 3 saturated heterocycles. The Bertz CT molecular complexity index is 1950. The van der Waals surface area contributed by atoms with Crippen molar-refractivity contribution in [1.29, 1.82) is 0 Å². The number of ether oxygens (including phenoxy) is 1. The SMILES string of the molecule is C=CCN(C(=O)C1N([C@@H](CO)Cc2ccccc2)C(=O)[C@@H]2[C@@H](C(=O)N(CC=C)c3ccccc3)[C@@]3(CC)CCC12O3)c1ccc2ccccc2c1. The Balaban J connectivity index is 1.37. The Morgan fingerprint density at radius 2 is 1.49 bits per heavy atom. The summed E-state index contributed by atoms with van der Waals surface area (Å²) in [5.41, 5.74) is 0.0804. The molecule has 4 aromatic carbocycles. The Labute approximate surface area is 299 Å². The van der Waals surface area contributed by atoms with Gasteiger partial charge in [-0.15, -0.1) is 13.2 Å². The number of anilines is 2. The van der Waals surface area contributed by atoms with E-state index in [1.165, 1.54) is 0 Å². The molecule has 8 nitrogen and oxygen atoms in total. The van der Waals surface area contributed by atoms with Gasteiger partial charge >= 0.3 is 0 Å². The van der Waals surface area contributed by atoms with Crippen LogP contribution in [-0.2, 0) is 25.5 Å². The van der Waals surface area contributed by atoms with E-state index < -0.39 is 35.1 Å². The quantitative estimate of drug-likeness (QED) is 0.166. The van der Waals surface area contributed by atoms with Crippen LogP contribution in [0.1, 0.15) is 31.7 Å². The molecule has 1 spiro atoms. The summed E-state index contributed by atoms with van der Waals surface area (Å²) in [6.45, 7) is 9.96. The minimum Gasteiger partial charge on any atom is -0.394 e. The zero-order chi connectivity index (χ0) is 35.8. The average molecular weight is 684 g/mol. The molecule has 0 aromatic heterocycles. The second-order valence-corrected chi connectivity index (χ2v) is 13.9. The van der Waals surface area contributed by atoms with E-state index in [9.17, 15) is 9.90 Å². The maximum atomic E-state index is 15.4. The summed E-state index contributed by atoms with van der Waals surface area (Å²) in [5.74, 6) is -2.64. The van der Waals surface area contributed by atoms with Crippen molar-refractivity contribution in [1.82, 2.24) is 4.90 Å². The first-order valence-electron chi connectivity index (χ1n) is 17.9. The van der Waals surface area contributed by atoms with Crippen LogP contribution in [0.15, 0.2) is 128 Å². The predicted molar refractivity (Wildman–Crippen MR) is 200 cm³/mol. The first-order chi connectivity index (χ1) is 24.8. The number of fused-ring (bicyclic) bond motifs is 2. The Kier molecular flexibility index (Phi) is 9.40. The molecule has 2 unspecified atom stereocenters. The zero-order valence-electron chi connectivity index (χ0n) is 29.1. The number of para-hydroxylation sites is 1. The molecular weight excluding hydrogens is 638 g/mol. The summed E-state index contributed by atoms with van der Waals surface area (Å²) < 4.78 is 7.14. The fourth-order valence-corrected chi connectivity index (χ4v) is 9.01. The number of likely N-dealkylation sites (tertiary alicyclic amines) is 1. The zero-order valence-corrected chi connectivity index (χ0v) is 29.1. The Morgan fingerprint density at radius 1 is 0.863 bits per heavy atom. The standard InChI is InChI=1S/C43H45N3O5/c1-4-25-44(33-19-11-8-12-20-33)39(48)36-37-40(49)46(35(29-47)27-30-15-9-7-10-16-30)38(43(37)24-23-42(36,6-3)51-43)41(50)45(26-5-2)34-22-21-31-17-13-14-18-32(31)28-34/h4-5,7-22,28,35-38,47H,1-2,6,23-27,29H2,3H3/t35-,36+,37+,38?,42-,43?/m1/s1. The number of amides is 3. The molecule has 3 aliphatic rings. The van der Waals surface area contributed by atoms with Gasteiger partial charge in [-0.3, -0.25) is 14.4 Å². The van der Waals surface area contributed by atoms with Gasteiger partial charge in [0.05, 0.1) is 30.1 Å². The van der Waals surface area contributed by atoms with Gasteiger partial charge in [0.25, 0.3) is 5.91 Å². The summed E-state index contributed by atoms with van der Waals surface area (Å²) in [6.07, 6.45) is 5.15. The van der Waals surface area contributed by atoms with E-state index in [-0.39, 0.29) is 37.4 Å². The first kappa shape index (κ1) is 34.4. The number of aliphatic hydroxyl groups is 1. The average Bonchev–Trinajstić information content (AvgIpc) is 3.78. The van der Waals surface area contributed by atoms with E-state index >= 15 is 9.59 Å². The van der Waals surface area contributed by atoms with Crippen molar-refractivity contribution in [2.45, 2.75) is 55.9 Å². The Hall–Kier alpha value is -5.05. The topological polar surface area (TPSA) is 90.4 Å². The summed E-state index contributed by atoms with van der Waals surface area (Å²) in [6, 6.07) is 31.0. The number of hydrogen-bond donors (Lipinski definition) is 1. The van der Waals surface area contributed by atoms with Crippen molar-refractivity contribution in [2.75, 3.05) is 29.5 Å². The molecule has 3 fully saturated rings. The molecule has 0 aliphatic carbocycles. The van der Waals surface area contributed by atoms with Gasteiger partial charge in [-0.05, 0) is 66.3 Å². The van der Waals surface area contributed by atoms with E-state index in [2.05, 4.69) is 13.2 Å². The second-order valence-electron chi connectivity index (χ2n) is 13.9. The normalized spacial score (nSPS) is 25.4. The number of rotatable bonds is 13. The van der Waals surface area contributed by atoms with E-state index in [0.717, 1.165) is 16.3 Å². The van der Waals surface area contributed by atoms with Crippen LogP contribution in [0.4, 0.5) is 11.4 Å². The predicted octanol–water partition coefficient (Wildman–Crippen LogP) is 6.34. The highest BCUT2D eigenvalue weighted by Crippen LogP contribution is 2.65. The second kappa shape index (κ2) is 13.9. The van der Waals surface area contributed by atoms with Gasteiger partial charge in [-0.25, -0.2) is 0 Å². The maximum absolute atomic E-state index is 15.4. The summed E-state index contributed by atoms with van der Waals surface area (Å²) in [5, 5.41) is 13.0. The third-order valence-electron chi connectivity index (χ3n) is 11.3. The van der Waals surface area contributed by atoms with Crippen LogP contribution in [0.3, 0.4) is 0 Å². The van der Waals surface area contributed by atoms with Gasteiger partial charge in [0.15, 0.2) is 0 Å². The summed E-state index contributed by atoms with van der Waals surface area (Å²) in [7, 11) is 0. The number of nitrogens with zero attached hydrogens (tertiary/aromatic N) is 3. The van der Waals surface area contributed by atoms with E-state index in [1.807, 2.05) is 110 Å². The van der Waals surface area contributed by atoms with E-state index in [0.29, 0.717) is 37.1 Å². The smallest absolute Gasteiger partial charge is 0.253 e. The number of aliphatic hydroxyl groups excluding tert-OH is 1. The monoisotopic (exact) mass is 683 g/mol. The van der Waals surface area contributed by atoms with Crippen LogP contribution in [0.25, 0.3) is 10.8 Å². The van der Waals surface area contributed by atoms with Crippen LogP contribution in [0, 0.1) is 11.8 Å². The van der Waals surface area contributed by atoms with Gasteiger partial charge in [0.1, 0.15) is 11.6 Å². The third kappa shape index (κ3) is 5.67. The Morgan fingerprint density at radius 3 is 2.14 bits per heavy atom. The van der Waals surface area contributed by atoms with Crippen LogP contribution in [-0.4, -0.2) is 70.7 Å². The third-order valence-corrected chi connectivity index (χ3v) is 11.3. The molecule has 3 aliphatic heterocycles. The first-order valence-corrected chi connectivity index (χ1v) is 17.9. The fraction of sp³-hybridized carbons (Fsp3) is 0.326. The van der Waals surface area contributed by atoms with Crippen LogP contribution < -0.4 is 9.80 Å². The van der Waals surface area contributed by atoms with Crippen molar-refractivity contribution in [2.24, 2.45) is 11.8 Å². The molecule has 51 heavy (non-hydrogen) atoms. The van der Waals surface area contributed by atoms with Crippen molar-refractivity contribution >= 4 is 39.9 Å². The van der Waals surface area contributed by atoms with E-state index in [1.54, 1.807) is 26.9 Å². The van der Waals surface area contributed by atoms with Crippen molar-refractivity contribution in [3.8, 4) is 0 Å². The molecule has 1 N–H and O–H groups in total. The highest BCUT2D eigenvalue weighted by Gasteiger charge is 2.79. The van der Waals surface area contributed by atoms with Gasteiger partial charge in [0, 0.05) is 24.5 Å². The number of carbonyl (C=O) groups excluding carboxylic acids is 3. The molecule has 0 radical (unpaired) electrons. The van der Waals surface area contributed by atoms with Crippen LogP contribution in [0.2, 0.25) is 0 Å². The van der Waals surface area contributed by atoms with Gasteiger partial charge in [0.2, 0.25) is 11.8 Å². The van der Waals surface area contributed by atoms with Gasteiger partial charge in [-0.1, -0.05) is 97.9 Å². The molecule has 262 valence electrons. The minimum atomic E-state index is -1.28. The molecule has 2 bridgehead atoms. The minimum absolute atomic E-state index is 0.196. The fourth-order valence-electron chi connectivity index (χ4n) is 9.01.